The molecule has 0 bridgehead atoms. The molecule has 1 heterocycles. The van der Waals surface area contributed by atoms with Crippen molar-refractivity contribution in [2.75, 3.05) is 13.1 Å². The lowest BCUT2D eigenvalue weighted by Gasteiger charge is -2.17. The Labute approximate surface area is 60.8 Å². The van der Waals surface area contributed by atoms with Gasteiger partial charge in [-0.2, -0.15) is 0 Å². The predicted molar refractivity (Wildman–Crippen MR) is 45.7 cm³/mol. The maximum Gasteiger partial charge on any atom is 0.0165 e. The van der Waals surface area contributed by atoms with Crippen molar-refractivity contribution in [2.24, 2.45) is 5.73 Å². The minimum Gasteiger partial charge on any atom is -0.327 e. The van der Waals surface area contributed by atoms with Gasteiger partial charge in [0.05, 0.1) is 0 Å². The summed E-state index contributed by atoms with van der Waals surface area (Å²) < 4.78 is 0. The third-order valence-electron chi connectivity index (χ3n) is 1.33. The normalized spacial score (nSPS) is 26.3. The number of hydrogen-bond acceptors (Lipinski definition) is 2. The molecule has 1 rings (SSSR count). The highest BCUT2D eigenvalue weighted by atomic mass is 14.9. The summed E-state index contributed by atoms with van der Waals surface area (Å²) in [6, 6.07) is 0.425. The van der Waals surface area contributed by atoms with Crippen molar-refractivity contribution < 1.29 is 2.85 Å². The second kappa shape index (κ2) is 6.05. The van der Waals surface area contributed by atoms with Crippen LogP contribution in [-0.4, -0.2) is 19.1 Å². The molecular formula is C7H22N2. The van der Waals surface area contributed by atoms with Gasteiger partial charge in [-0.1, -0.05) is 13.8 Å². The van der Waals surface area contributed by atoms with E-state index in [0.29, 0.717) is 6.04 Å². The first-order valence-electron chi connectivity index (χ1n) is 3.86. The van der Waals surface area contributed by atoms with Gasteiger partial charge in [0.25, 0.3) is 0 Å². The van der Waals surface area contributed by atoms with Crippen molar-refractivity contribution in [1.29, 1.82) is 0 Å². The van der Waals surface area contributed by atoms with Crippen molar-refractivity contribution in [3.63, 3.8) is 0 Å². The number of rotatable bonds is 0. The molecule has 1 saturated heterocycles. The Kier molecular flexibility index (Phi) is 5.99. The van der Waals surface area contributed by atoms with Crippen LogP contribution in [0.1, 0.15) is 29.5 Å². The van der Waals surface area contributed by atoms with Crippen LogP contribution in [0.15, 0.2) is 0 Å². The molecule has 0 aromatic carbocycles. The fourth-order valence-corrected chi connectivity index (χ4v) is 0.879. The van der Waals surface area contributed by atoms with Crippen LogP contribution >= 0.6 is 0 Å². The van der Waals surface area contributed by atoms with Crippen LogP contribution in [0.5, 0.6) is 0 Å². The SMILES string of the molecule is CC.NC1CCCNC1.[HH].[HH]. The first-order chi connectivity index (χ1) is 4.39. The molecule has 1 atom stereocenters. The molecular weight excluding hydrogens is 112 g/mol. The lowest BCUT2D eigenvalue weighted by Crippen LogP contribution is -2.39. The number of piperidine rings is 1. The molecule has 0 aromatic rings. The van der Waals surface area contributed by atoms with Crippen molar-refractivity contribution >= 4 is 0 Å². The smallest absolute Gasteiger partial charge is 0.0165 e. The summed E-state index contributed by atoms with van der Waals surface area (Å²) in [5, 5.41) is 3.21. The summed E-state index contributed by atoms with van der Waals surface area (Å²) in [5.41, 5.74) is 5.57. The Hall–Kier alpha value is -0.0800. The summed E-state index contributed by atoms with van der Waals surface area (Å²) in [6.45, 7) is 6.17. The van der Waals surface area contributed by atoms with Gasteiger partial charge in [0.15, 0.2) is 0 Å². The van der Waals surface area contributed by atoms with Crippen LogP contribution in [0.4, 0.5) is 0 Å². The summed E-state index contributed by atoms with van der Waals surface area (Å²) in [6.07, 6.45) is 2.45. The van der Waals surface area contributed by atoms with Gasteiger partial charge < -0.3 is 11.1 Å². The lowest BCUT2D eigenvalue weighted by atomic mass is 10.1. The Morgan fingerprint density at radius 1 is 1.56 bits per heavy atom. The van der Waals surface area contributed by atoms with E-state index in [4.69, 9.17) is 5.73 Å². The maximum absolute atomic E-state index is 5.57. The molecule has 9 heavy (non-hydrogen) atoms. The topological polar surface area (TPSA) is 38.0 Å². The first kappa shape index (κ1) is 8.92. The molecule has 1 fully saturated rings. The van der Waals surface area contributed by atoms with E-state index in [1.54, 1.807) is 0 Å². The molecule has 1 aliphatic heterocycles. The fraction of sp³-hybridized carbons (Fsp3) is 1.00. The largest absolute Gasteiger partial charge is 0.327 e. The molecule has 0 aromatic heterocycles. The molecule has 0 spiro atoms. The fourth-order valence-electron chi connectivity index (χ4n) is 0.879. The van der Waals surface area contributed by atoms with Gasteiger partial charge in [-0.25, -0.2) is 0 Å². The molecule has 60 valence electrons. The number of hydrogen-bond donors (Lipinski definition) is 2. The molecule has 2 heteroatoms. The highest BCUT2D eigenvalue weighted by Gasteiger charge is 2.05. The minimum atomic E-state index is 0. The van der Waals surface area contributed by atoms with E-state index in [9.17, 15) is 0 Å². The van der Waals surface area contributed by atoms with Gasteiger partial charge in [0, 0.05) is 15.4 Å². The average molecular weight is 134 g/mol. The Bertz CT molecular complexity index is 56.4. The molecule has 2 nitrogen and oxygen atoms in total. The monoisotopic (exact) mass is 134 g/mol. The molecule has 1 unspecified atom stereocenters. The van der Waals surface area contributed by atoms with E-state index >= 15 is 0 Å². The zero-order valence-electron chi connectivity index (χ0n) is 6.48. The summed E-state index contributed by atoms with van der Waals surface area (Å²) >= 11 is 0. The average Bonchev–Trinajstić information content (AvgIpc) is 1.94. The van der Waals surface area contributed by atoms with Crippen LogP contribution in [-0.2, 0) is 0 Å². The highest BCUT2D eigenvalue weighted by Crippen LogP contribution is 1.96. The third kappa shape index (κ3) is 4.43. The molecule has 3 N–H and O–H groups in total. The van der Waals surface area contributed by atoms with E-state index in [-0.39, 0.29) is 2.85 Å². The second-order valence-corrected chi connectivity index (χ2v) is 2.11. The van der Waals surface area contributed by atoms with Crippen LogP contribution in [0.2, 0.25) is 0 Å². The first-order valence-corrected chi connectivity index (χ1v) is 3.86. The molecule has 1 aliphatic rings. The zero-order chi connectivity index (χ0) is 7.11. The molecule has 0 saturated carbocycles. The van der Waals surface area contributed by atoms with E-state index < -0.39 is 0 Å². The molecule has 0 aliphatic carbocycles. The summed E-state index contributed by atoms with van der Waals surface area (Å²) in [5.74, 6) is 0. The Balaban J connectivity index is -0.000000149. The minimum absolute atomic E-state index is 0. The number of nitrogens with one attached hydrogen (secondary N) is 1. The van der Waals surface area contributed by atoms with Gasteiger partial charge in [0.2, 0.25) is 0 Å². The van der Waals surface area contributed by atoms with Crippen molar-refractivity contribution in [1.82, 2.24) is 5.32 Å². The van der Waals surface area contributed by atoms with Gasteiger partial charge >= 0.3 is 0 Å². The quantitative estimate of drug-likeness (QED) is 0.522. The van der Waals surface area contributed by atoms with E-state index in [0.717, 1.165) is 13.1 Å². The van der Waals surface area contributed by atoms with Gasteiger partial charge in [0.1, 0.15) is 0 Å². The standard InChI is InChI=1S/C5H12N2.C2H6.2H2/c6-5-2-1-3-7-4-5;1-2;;/h5,7H,1-4,6H2;1-2H3;2*1H. The molecule has 0 radical (unpaired) electrons. The Morgan fingerprint density at radius 3 is 2.44 bits per heavy atom. The van der Waals surface area contributed by atoms with Crippen LogP contribution in [0, 0.1) is 0 Å². The van der Waals surface area contributed by atoms with Crippen LogP contribution < -0.4 is 11.1 Å². The van der Waals surface area contributed by atoms with Crippen molar-refractivity contribution in [3.8, 4) is 0 Å². The van der Waals surface area contributed by atoms with E-state index in [1.165, 1.54) is 12.8 Å². The van der Waals surface area contributed by atoms with Gasteiger partial charge in [-0.15, -0.1) is 0 Å². The summed E-state index contributed by atoms with van der Waals surface area (Å²) in [4.78, 5) is 0. The summed E-state index contributed by atoms with van der Waals surface area (Å²) in [7, 11) is 0. The van der Waals surface area contributed by atoms with Crippen molar-refractivity contribution in [3.05, 3.63) is 0 Å². The zero-order valence-corrected chi connectivity index (χ0v) is 6.48. The van der Waals surface area contributed by atoms with E-state index in [1.807, 2.05) is 13.8 Å². The number of nitrogens with two attached hydrogens (primary N) is 1. The van der Waals surface area contributed by atoms with Crippen LogP contribution in [0.25, 0.3) is 0 Å². The highest BCUT2D eigenvalue weighted by molar-refractivity contribution is 4.69. The van der Waals surface area contributed by atoms with E-state index in [2.05, 4.69) is 5.32 Å². The lowest BCUT2D eigenvalue weighted by molar-refractivity contribution is 0.459. The predicted octanol–water partition coefficient (Wildman–Crippen LogP) is 1.22. The van der Waals surface area contributed by atoms with Gasteiger partial charge in [-0.05, 0) is 19.4 Å². The third-order valence-corrected chi connectivity index (χ3v) is 1.33. The second-order valence-electron chi connectivity index (χ2n) is 2.11. The van der Waals surface area contributed by atoms with Gasteiger partial charge in [-0.3, -0.25) is 0 Å². The van der Waals surface area contributed by atoms with Crippen molar-refractivity contribution in [2.45, 2.75) is 32.7 Å². The van der Waals surface area contributed by atoms with Crippen LogP contribution in [0.3, 0.4) is 0 Å². The maximum atomic E-state index is 5.57. The Morgan fingerprint density at radius 2 is 2.22 bits per heavy atom. The molecule has 0 amide bonds.